The van der Waals surface area contributed by atoms with Crippen LogP contribution in [0.25, 0.3) is 0 Å². The number of aryl methyl sites for hydroxylation is 1. The first-order valence-corrected chi connectivity index (χ1v) is 8.77. The van der Waals surface area contributed by atoms with Crippen LogP contribution in [0.2, 0.25) is 0 Å². The summed E-state index contributed by atoms with van der Waals surface area (Å²) in [7, 11) is 0. The van der Waals surface area contributed by atoms with Crippen molar-refractivity contribution in [3.8, 4) is 0 Å². The van der Waals surface area contributed by atoms with E-state index in [2.05, 4.69) is 27.1 Å². The van der Waals surface area contributed by atoms with Crippen LogP contribution >= 0.6 is 11.8 Å². The minimum absolute atomic E-state index is 0.194. The molecule has 0 saturated heterocycles. The molecule has 122 valence electrons. The number of urea groups is 1. The van der Waals surface area contributed by atoms with Crippen molar-refractivity contribution in [1.82, 2.24) is 20.2 Å². The van der Waals surface area contributed by atoms with Gasteiger partial charge in [-0.2, -0.15) is 0 Å². The van der Waals surface area contributed by atoms with Gasteiger partial charge >= 0.3 is 6.03 Å². The van der Waals surface area contributed by atoms with Gasteiger partial charge in [0.2, 0.25) is 5.91 Å². The molecule has 3 amide bonds. The van der Waals surface area contributed by atoms with Crippen LogP contribution in [0.1, 0.15) is 50.0 Å². The van der Waals surface area contributed by atoms with Gasteiger partial charge in [0.05, 0.1) is 11.4 Å². The Morgan fingerprint density at radius 2 is 2.00 bits per heavy atom. The zero-order chi connectivity index (χ0) is 16.1. The van der Waals surface area contributed by atoms with Crippen LogP contribution in [0.3, 0.4) is 0 Å². The third-order valence-corrected chi connectivity index (χ3v) is 4.92. The van der Waals surface area contributed by atoms with E-state index in [0.717, 1.165) is 10.9 Å². The first kappa shape index (κ1) is 16.9. The summed E-state index contributed by atoms with van der Waals surface area (Å²) < 4.78 is 2.27. The van der Waals surface area contributed by atoms with Gasteiger partial charge in [0.1, 0.15) is 0 Å². The lowest BCUT2D eigenvalue weighted by atomic mass is 10.2. The molecule has 0 radical (unpaired) electrons. The normalized spacial score (nSPS) is 15.0. The van der Waals surface area contributed by atoms with Crippen molar-refractivity contribution in [2.75, 3.05) is 12.3 Å². The summed E-state index contributed by atoms with van der Waals surface area (Å²) in [5.41, 5.74) is 2.19. The zero-order valence-electron chi connectivity index (χ0n) is 13.4. The van der Waals surface area contributed by atoms with Crippen molar-refractivity contribution >= 4 is 23.7 Å². The van der Waals surface area contributed by atoms with Gasteiger partial charge in [-0.15, -0.1) is 0 Å². The number of imidazole rings is 1. The van der Waals surface area contributed by atoms with E-state index < -0.39 is 6.03 Å². The molecular formula is C15H24N4O2S. The molecular weight excluding hydrogens is 300 g/mol. The van der Waals surface area contributed by atoms with Crippen LogP contribution in [0.15, 0.2) is 5.16 Å². The highest BCUT2D eigenvalue weighted by Gasteiger charge is 2.23. The second-order valence-corrected chi connectivity index (χ2v) is 6.51. The molecule has 2 N–H and O–H groups in total. The molecule has 22 heavy (non-hydrogen) atoms. The number of amides is 3. The van der Waals surface area contributed by atoms with E-state index in [1.807, 2.05) is 13.8 Å². The maximum absolute atomic E-state index is 11.8. The number of nitrogens with one attached hydrogen (secondary N) is 2. The van der Waals surface area contributed by atoms with Crippen molar-refractivity contribution < 1.29 is 9.59 Å². The highest BCUT2D eigenvalue weighted by molar-refractivity contribution is 7.99. The fourth-order valence-corrected chi connectivity index (χ4v) is 3.75. The molecule has 7 heteroatoms. The van der Waals surface area contributed by atoms with Crippen molar-refractivity contribution in [1.29, 1.82) is 0 Å². The SMILES string of the molecule is CCNC(=O)NC(=O)CSc1nc(C)c(C)n1C1CCCC1. The van der Waals surface area contributed by atoms with Crippen LogP contribution in [0, 0.1) is 13.8 Å². The van der Waals surface area contributed by atoms with Gasteiger partial charge in [0.25, 0.3) is 0 Å². The highest BCUT2D eigenvalue weighted by atomic mass is 32.2. The minimum Gasteiger partial charge on any atom is -0.338 e. The molecule has 1 aromatic rings. The van der Waals surface area contributed by atoms with Gasteiger partial charge in [0.15, 0.2) is 5.16 Å². The van der Waals surface area contributed by atoms with E-state index in [4.69, 9.17) is 0 Å². The predicted octanol–water partition coefficient (Wildman–Crippen LogP) is 2.55. The Balaban J connectivity index is 1.99. The summed E-state index contributed by atoms with van der Waals surface area (Å²) in [6, 6.07) is 0.0507. The van der Waals surface area contributed by atoms with Gasteiger partial charge in [-0.25, -0.2) is 9.78 Å². The number of carbonyl (C=O) groups excluding carboxylic acids is 2. The lowest BCUT2D eigenvalue weighted by Gasteiger charge is -2.16. The van der Waals surface area contributed by atoms with E-state index in [1.165, 1.54) is 43.1 Å². The number of hydrogen-bond acceptors (Lipinski definition) is 4. The van der Waals surface area contributed by atoms with Gasteiger partial charge in [0, 0.05) is 18.3 Å². The summed E-state index contributed by atoms with van der Waals surface area (Å²) in [5.74, 6) is -0.105. The summed E-state index contributed by atoms with van der Waals surface area (Å²) in [6.45, 7) is 6.39. The molecule has 1 aliphatic carbocycles. The van der Waals surface area contributed by atoms with Gasteiger partial charge in [-0.05, 0) is 33.6 Å². The molecule has 1 fully saturated rings. The van der Waals surface area contributed by atoms with E-state index in [1.54, 1.807) is 0 Å². The maximum Gasteiger partial charge on any atom is 0.321 e. The molecule has 1 saturated carbocycles. The Labute approximate surface area is 135 Å². The second-order valence-electron chi connectivity index (χ2n) is 5.57. The lowest BCUT2D eigenvalue weighted by molar-refractivity contribution is -0.117. The van der Waals surface area contributed by atoms with Crippen LogP contribution in [-0.4, -0.2) is 33.8 Å². The number of aromatic nitrogens is 2. The molecule has 0 atom stereocenters. The quantitative estimate of drug-likeness (QED) is 0.816. The lowest BCUT2D eigenvalue weighted by Crippen LogP contribution is -2.40. The standard InChI is InChI=1S/C15H24N4O2S/c1-4-16-14(21)18-13(20)9-22-15-17-10(2)11(3)19(15)12-7-5-6-8-12/h12H,4-9H2,1-3H3,(H2,16,18,20,21). The summed E-state index contributed by atoms with van der Waals surface area (Å²) >= 11 is 1.40. The van der Waals surface area contributed by atoms with E-state index in [0.29, 0.717) is 12.6 Å². The Hall–Kier alpha value is -1.50. The third-order valence-electron chi connectivity index (χ3n) is 3.97. The van der Waals surface area contributed by atoms with Crippen LogP contribution in [0.5, 0.6) is 0 Å². The average molecular weight is 324 g/mol. The first-order chi connectivity index (χ1) is 10.5. The van der Waals surface area contributed by atoms with Gasteiger partial charge < -0.3 is 9.88 Å². The molecule has 0 aliphatic heterocycles. The topological polar surface area (TPSA) is 76.0 Å². The van der Waals surface area contributed by atoms with Crippen LogP contribution < -0.4 is 10.6 Å². The molecule has 1 heterocycles. The molecule has 2 rings (SSSR count). The Morgan fingerprint density at radius 3 is 2.64 bits per heavy atom. The Morgan fingerprint density at radius 1 is 1.32 bits per heavy atom. The van der Waals surface area contributed by atoms with Crippen molar-refractivity contribution in [2.24, 2.45) is 0 Å². The molecule has 0 unspecified atom stereocenters. The fourth-order valence-electron chi connectivity index (χ4n) is 2.79. The minimum atomic E-state index is -0.445. The summed E-state index contributed by atoms with van der Waals surface area (Å²) in [5, 5.41) is 5.74. The zero-order valence-corrected chi connectivity index (χ0v) is 14.3. The number of nitrogens with zero attached hydrogens (tertiary/aromatic N) is 2. The first-order valence-electron chi connectivity index (χ1n) is 7.78. The number of imide groups is 1. The summed E-state index contributed by atoms with van der Waals surface area (Å²) in [4.78, 5) is 27.7. The number of carbonyl (C=O) groups is 2. The smallest absolute Gasteiger partial charge is 0.321 e. The van der Waals surface area contributed by atoms with E-state index in [9.17, 15) is 9.59 Å². The molecule has 0 aromatic carbocycles. The van der Waals surface area contributed by atoms with Crippen molar-refractivity contribution in [3.05, 3.63) is 11.4 Å². The monoisotopic (exact) mass is 324 g/mol. The van der Waals surface area contributed by atoms with Gasteiger partial charge in [-0.1, -0.05) is 24.6 Å². The van der Waals surface area contributed by atoms with Crippen molar-refractivity contribution in [2.45, 2.75) is 57.7 Å². The number of hydrogen-bond donors (Lipinski definition) is 2. The third kappa shape index (κ3) is 4.03. The molecule has 0 bridgehead atoms. The second kappa shape index (κ2) is 7.67. The predicted molar refractivity (Wildman–Crippen MR) is 87.1 cm³/mol. The molecule has 0 spiro atoms. The largest absolute Gasteiger partial charge is 0.338 e. The van der Waals surface area contributed by atoms with Crippen LogP contribution in [-0.2, 0) is 4.79 Å². The summed E-state index contributed by atoms with van der Waals surface area (Å²) in [6.07, 6.45) is 4.86. The van der Waals surface area contributed by atoms with E-state index >= 15 is 0 Å². The molecule has 1 aromatic heterocycles. The fraction of sp³-hybridized carbons (Fsp3) is 0.667. The highest BCUT2D eigenvalue weighted by Crippen LogP contribution is 2.35. The van der Waals surface area contributed by atoms with E-state index in [-0.39, 0.29) is 11.7 Å². The number of thioether (sulfide) groups is 1. The van der Waals surface area contributed by atoms with Crippen molar-refractivity contribution in [3.63, 3.8) is 0 Å². The van der Waals surface area contributed by atoms with Crippen LogP contribution in [0.4, 0.5) is 4.79 Å². The Kier molecular flexibility index (Phi) is 5.88. The van der Waals surface area contributed by atoms with Gasteiger partial charge in [-0.3, -0.25) is 10.1 Å². The average Bonchev–Trinajstić information content (AvgIpc) is 3.06. The molecule has 1 aliphatic rings. The maximum atomic E-state index is 11.8. The molecule has 6 nitrogen and oxygen atoms in total. The number of rotatable bonds is 5. The Bertz CT molecular complexity index is 550.